The van der Waals surface area contributed by atoms with Crippen LogP contribution in [0.15, 0.2) is 30.5 Å². The van der Waals surface area contributed by atoms with Gasteiger partial charge in [-0.15, -0.1) is 0 Å². The Morgan fingerprint density at radius 3 is 2.52 bits per heavy atom. The average Bonchev–Trinajstić information content (AvgIpc) is 2.90. The molecule has 0 amide bonds. The molecule has 5 nitrogen and oxygen atoms in total. The third-order valence-corrected chi connectivity index (χ3v) is 3.39. The molecular formula is C15H21FN4O. The van der Waals surface area contributed by atoms with Crippen molar-refractivity contribution in [3.05, 3.63) is 47.5 Å². The van der Waals surface area contributed by atoms with Crippen molar-refractivity contribution >= 4 is 0 Å². The van der Waals surface area contributed by atoms with E-state index in [9.17, 15) is 4.39 Å². The van der Waals surface area contributed by atoms with Crippen LogP contribution >= 0.6 is 0 Å². The van der Waals surface area contributed by atoms with Gasteiger partial charge in [0.25, 0.3) is 0 Å². The number of nitrogens with two attached hydrogens (primary N) is 1. The van der Waals surface area contributed by atoms with Crippen LogP contribution in [0.1, 0.15) is 37.2 Å². The van der Waals surface area contributed by atoms with Crippen LogP contribution in [0.25, 0.3) is 0 Å². The predicted octanol–water partition coefficient (Wildman–Crippen LogP) is 2.36. The monoisotopic (exact) mass is 292 g/mol. The number of methoxy groups -OCH3 is 1. The van der Waals surface area contributed by atoms with E-state index in [1.54, 1.807) is 25.4 Å². The van der Waals surface area contributed by atoms with Crippen LogP contribution in [0.5, 0.6) is 5.75 Å². The molecule has 0 aliphatic rings. The van der Waals surface area contributed by atoms with Gasteiger partial charge in [0, 0.05) is 6.04 Å². The lowest BCUT2D eigenvalue weighted by molar-refractivity contribution is 0.384. The van der Waals surface area contributed by atoms with Crippen LogP contribution < -0.4 is 16.0 Å². The zero-order chi connectivity index (χ0) is 15.4. The van der Waals surface area contributed by atoms with E-state index in [0.717, 1.165) is 11.3 Å². The normalized spacial score (nSPS) is 12.7. The maximum Gasteiger partial charge on any atom is 0.161 e. The van der Waals surface area contributed by atoms with Gasteiger partial charge >= 0.3 is 0 Å². The molecule has 0 radical (unpaired) electrons. The van der Waals surface area contributed by atoms with Crippen LogP contribution in [0.3, 0.4) is 0 Å². The Labute approximate surface area is 123 Å². The molecule has 21 heavy (non-hydrogen) atoms. The van der Waals surface area contributed by atoms with E-state index in [1.807, 2.05) is 18.5 Å². The van der Waals surface area contributed by atoms with E-state index in [1.165, 1.54) is 12.1 Å². The molecular weight excluding hydrogens is 271 g/mol. The Kier molecular flexibility index (Phi) is 4.93. The van der Waals surface area contributed by atoms with Crippen molar-refractivity contribution in [1.82, 2.24) is 15.2 Å². The van der Waals surface area contributed by atoms with E-state index < -0.39 is 0 Å². The third-order valence-electron chi connectivity index (χ3n) is 3.39. The molecule has 1 aromatic heterocycles. The Morgan fingerprint density at radius 1 is 1.33 bits per heavy atom. The molecule has 114 valence electrons. The lowest BCUT2D eigenvalue weighted by Gasteiger charge is -2.21. The highest BCUT2D eigenvalue weighted by molar-refractivity contribution is 5.30. The summed E-state index contributed by atoms with van der Waals surface area (Å²) in [6.45, 7) is 4.09. The number of hydrogen-bond donors (Lipinski definition) is 2. The van der Waals surface area contributed by atoms with Crippen molar-refractivity contribution in [1.29, 1.82) is 0 Å². The first kappa shape index (κ1) is 15.5. The maximum atomic E-state index is 13.0. The Balaban J connectivity index is 2.32. The van der Waals surface area contributed by atoms with E-state index in [2.05, 4.69) is 10.5 Å². The van der Waals surface area contributed by atoms with Gasteiger partial charge in [0.1, 0.15) is 5.82 Å². The van der Waals surface area contributed by atoms with Gasteiger partial charge in [-0.25, -0.2) is 4.39 Å². The van der Waals surface area contributed by atoms with E-state index in [0.29, 0.717) is 12.2 Å². The molecule has 2 aromatic rings. The molecule has 0 saturated heterocycles. The van der Waals surface area contributed by atoms with Crippen molar-refractivity contribution in [2.45, 2.75) is 32.4 Å². The molecule has 0 saturated carbocycles. The fourth-order valence-electron chi connectivity index (χ4n) is 2.35. The second-order valence-corrected chi connectivity index (χ2v) is 5.19. The minimum atomic E-state index is -0.249. The summed E-state index contributed by atoms with van der Waals surface area (Å²) in [5, 5.41) is 4.35. The second-order valence-electron chi connectivity index (χ2n) is 5.19. The summed E-state index contributed by atoms with van der Waals surface area (Å²) < 4.78 is 20.3. The smallest absolute Gasteiger partial charge is 0.161 e. The van der Waals surface area contributed by atoms with Gasteiger partial charge in [0.05, 0.1) is 25.0 Å². The largest absolute Gasteiger partial charge is 0.493 e. The average molecular weight is 292 g/mol. The summed E-state index contributed by atoms with van der Waals surface area (Å²) in [5.41, 5.74) is 4.68. The van der Waals surface area contributed by atoms with Gasteiger partial charge in [-0.05, 0) is 38.0 Å². The van der Waals surface area contributed by atoms with Crippen molar-refractivity contribution < 1.29 is 9.13 Å². The highest BCUT2D eigenvalue weighted by atomic mass is 19.1. The highest BCUT2D eigenvalue weighted by Gasteiger charge is 2.22. The first-order valence-corrected chi connectivity index (χ1v) is 6.88. The van der Waals surface area contributed by atoms with Crippen LogP contribution in [0.2, 0.25) is 0 Å². The number of rotatable bonds is 6. The number of benzene rings is 1. The van der Waals surface area contributed by atoms with Gasteiger partial charge in [-0.1, -0.05) is 12.1 Å². The van der Waals surface area contributed by atoms with Crippen LogP contribution in [-0.2, 0) is 6.42 Å². The minimum Gasteiger partial charge on any atom is -0.493 e. The van der Waals surface area contributed by atoms with Crippen LogP contribution in [-0.4, -0.2) is 16.9 Å². The fourth-order valence-corrected chi connectivity index (χ4v) is 2.35. The Morgan fingerprint density at radius 2 is 2.00 bits per heavy atom. The molecule has 1 heterocycles. The quantitative estimate of drug-likeness (QED) is 0.633. The number of ether oxygens (including phenoxy) is 1. The van der Waals surface area contributed by atoms with Gasteiger partial charge in [-0.2, -0.15) is 5.10 Å². The molecule has 0 bridgehead atoms. The van der Waals surface area contributed by atoms with Crippen LogP contribution in [0.4, 0.5) is 4.39 Å². The summed E-state index contributed by atoms with van der Waals surface area (Å²) in [6.07, 6.45) is 2.30. The third kappa shape index (κ3) is 3.40. The number of hydrogen-bond acceptors (Lipinski definition) is 4. The SMILES string of the molecule is COc1cnn(C(C)C)c1C(Cc1ccc(F)cc1)NN. The molecule has 6 heteroatoms. The molecule has 3 N–H and O–H groups in total. The Bertz CT molecular complexity index is 580. The molecule has 1 atom stereocenters. The number of nitrogens with one attached hydrogen (secondary N) is 1. The van der Waals surface area contributed by atoms with Gasteiger partial charge in [-0.3, -0.25) is 16.0 Å². The van der Waals surface area contributed by atoms with Crippen LogP contribution in [0, 0.1) is 5.82 Å². The minimum absolute atomic E-state index is 0.171. The zero-order valence-electron chi connectivity index (χ0n) is 12.5. The lowest BCUT2D eigenvalue weighted by Crippen LogP contribution is -2.32. The lowest BCUT2D eigenvalue weighted by atomic mass is 10.0. The first-order chi connectivity index (χ1) is 10.1. The van der Waals surface area contributed by atoms with Crippen molar-refractivity contribution in [3.8, 4) is 5.75 Å². The molecule has 2 rings (SSSR count). The summed E-state index contributed by atoms with van der Waals surface area (Å²) in [6, 6.07) is 6.41. The van der Waals surface area contributed by atoms with E-state index >= 15 is 0 Å². The fraction of sp³-hybridized carbons (Fsp3) is 0.400. The highest BCUT2D eigenvalue weighted by Crippen LogP contribution is 2.29. The standard InChI is InChI=1S/C15H21FN4O/c1-10(2)20-15(14(21-3)9-18-20)13(19-17)8-11-4-6-12(16)7-5-11/h4-7,9-10,13,19H,8,17H2,1-3H3. The number of hydrazine groups is 1. The van der Waals surface area contributed by atoms with Crippen molar-refractivity contribution in [3.63, 3.8) is 0 Å². The summed E-state index contributed by atoms with van der Waals surface area (Å²) in [4.78, 5) is 0. The molecule has 0 aliphatic carbocycles. The number of aromatic nitrogens is 2. The van der Waals surface area contributed by atoms with E-state index in [-0.39, 0.29) is 17.9 Å². The molecule has 1 aromatic carbocycles. The van der Waals surface area contributed by atoms with Gasteiger partial charge in [0.2, 0.25) is 0 Å². The predicted molar refractivity (Wildman–Crippen MR) is 79.3 cm³/mol. The number of nitrogens with zero attached hydrogens (tertiary/aromatic N) is 2. The zero-order valence-corrected chi connectivity index (χ0v) is 12.5. The van der Waals surface area contributed by atoms with Crippen molar-refractivity contribution in [2.75, 3.05) is 7.11 Å². The Hall–Kier alpha value is -1.92. The second kappa shape index (κ2) is 6.69. The summed E-state index contributed by atoms with van der Waals surface area (Å²) in [5.74, 6) is 6.15. The van der Waals surface area contributed by atoms with Gasteiger partial charge in [0.15, 0.2) is 5.75 Å². The summed E-state index contributed by atoms with van der Waals surface area (Å²) >= 11 is 0. The molecule has 0 spiro atoms. The topological polar surface area (TPSA) is 65.1 Å². The van der Waals surface area contributed by atoms with Crippen molar-refractivity contribution in [2.24, 2.45) is 5.84 Å². The number of halogens is 1. The van der Waals surface area contributed by atoms with Gasteiger partial charge < -0.3 is 4.74 Å². The maximum absolute atomic E-state index is 13.0. The molecule has 0 fully saturated rings. The molecule has 1 unspecified atom stereocenters. The first-order valence-electron chi connectivity index (χ1n) is 6.88. The van der Waals surface area contributed by atoms with E-state index in [4.69, 9.17) is 10.6 Å². The summed E-state index contributed by atoms with van der Waals surface area (Å²) in [7, 11) is 1.61. The molecule has 0 aliphatic heterocycles.